The first-order valence-corrected chi connectivity index (χ1v) is 15.8. The highest BCUT2D eigenvalue weighted by atomic mass is 19.4. The molecule has 44 heavy (non-hydrogen) atoms. The Morgan fingerprint density at radius 2 is 1.84 bits per heavy atom. The van der Waals surface area contributed by atoms with Gasteiger partial charge in [0.25, 0.3) is 5.91 Å². The number of piperazine rings is 1. The van der Waals surface area contributed by atoms with Crippen molar-refractivity contribution >= 4 is 17.5 Å². The van der Waals surface area contributed by atoms with Gasteiger partial charge in [-0.15, -0.1) is 0 Å². The summed E-state index contributed by atoms with van der Waals surface area (Å²) >= 11 is 0. The molecule has 2 aliphatic heterocycles. The molecule has 240 valence electrons. The van der Waals surface area contributed by atoms with Crippen molar-refractivity contribution < 1.29 is 27.5 Å². The fourth-order valence-electron chi connectivity index (χ4n) is 6.98. The zero-order chi connectivity index (χ0) is 31.5. The molecule has 2 aromatic rings. The summed E-state index contributed by atoms with van der Waals surface area (Å²) in [6, 6.07) is 7.24. The Labute approximate surface area is 257 Å². The van der Waals surface area contributed by atoms with Crippen molar-refractivity contribution in [3.8, 4) is 17.1 Å². The maximum Gasteiger partial charge on any atom is 0.403 e. The predicted molar refractivity (Wildman–Crippen MR) is 162 cm³/mol. The van der Waals surface area contributed by atoms with Gasteiger partial charge in [-0.05, 0) is 76.9 Å². The van der Waals surface area contributed by atoms with Crippen LogP contribution in [0, 0.1) is 5.41 Å². The minimum atomic E-state index is -4.58. The number of nitrogens with one attached hydrogen (secondary N) is 1. The summed E-state index contributed by atoms with van der Waals surface area (Å²) in [5.41, 5.74) is -0.282. The zero-order valence-electron chi connectivity index (χ0n) is 25.8. The third kappa shape index (κ3) is 6.23. The molecular weight excluding hydrogens is 573 g/mol. The van der Waals surface area contributed by atoms with Crippen molar-refractivity contribution in [1.82, 2.24) is 25.1 Å². The molecule has 4 heterocycles. The van der Waals surface area contributed by atoms with Gasteiger partial charge in [-0.25, -0.2) is 9.97 Å². The van der Waals surface area contributed by atoms with Crippen LogP contribution in [0.15, 0.2) is 30.5 Å². The van der Waals surface area contributed by atoms with E-state index in [1.54, 1.807) is 12.3 Å². The average molecular weight is 617 g/mol. The Bertz CT molecular complexity index is 1330. The fraction of sp³-hybridized carbons (Fsp3) is 0.625. The summed E-state index contributed by atoms with van der Waals surface area (Å²) in [4.78, 5) is 42.1. The lowest BCUT2D eigenvalue weighted by atomic mass is 9.83. The molecule has 0 aromatic carbocycles. The van der Waals surface area contributed by atoms with Gasteiger partial charge in [0.1, 0.15) is 5.41 Å². The number of rotatable bonds is 9. The molecule has 2 saturated heterocycles. The highest BCUT2D eigenvalue weighted by Crippen LogP contribution is 2.52. The number of hydrogen-bond acceptors (Lipinski definition) is 7. The molecule has 1 saturated carbocycles. The molecule has 1 aliphatic carbocycles. The highest BCUT2D eigenvalue weighted by Gasteiger charge is 2.62. The monoisotopic (exact) mass is 616 g/mol. The van der Waals surface area contributed by atoms with E-state index in [1.165, 1.54) is 4.90 Å². The van der Waals surface area contributed by atoms with E-state index in [2.05, 4.69) is 15.2 Å². The van der Waals surface area contributed by atoms with E-state index in [-0.39, 0.29) is 49.6 Å². The van der Waals surface area contributed by atoms with Gasteiger partial charge in [-0.3, -0.25) is 9.59 Å². The molecule has 2 amide bonds. The summed E-state index contributed by atoms with van der Waals surface area (Å²) in [7, 11) is 2.05. The molecule has 2 aromatic heterocycles. The SMILES string of the molecule is CCOc1ncccc1-c1ccc(N2CCN(C(=O)C3(C(F)(F)F)CCCC3)C[C@H]2CC)c(C(=O)NC[C@@H]2CCCN2C)n1. The Kier molecular flexibility index (Phi) is 9.67. The number of alkyl halides is 3. The average Bonchev–Trinajstić information content (AvgIpc) is 3.69. The minimum absolute atomic E-state index is 0.139. The second-order valence-corrected chi connectivity index (χ2v) is 12.1. The van der Waals surface area contributed by atoms with Crippen LogP contribution in [0.4, 0.5) is 18.9 Å². The van der Waals surface area contributed by atoms with Crippen molar-refractivity contribution in [1.29, 1.82) is 0 Å². The van der Waals surface area contributed by atoms with Gasteiger partial charge in [0, 0.05) is 44.5 Å². The van der Waals surface area contributed by atoms with Crippen molar-refractivity contribution in [2.24, 2.45) is 5.41 Å². The lowest BCUT2D eigenvalue weighted by Crippen LogP contribution is -2.60. The van der Waals surface area contributed by atoms with Gasteiger partial charge in [-0.2, -0.15) is 13.2 Å². The van der Waals surface area contributed by atoms with Crippen molar-refractivity contribution in [2.45, 2.75) is 77.1 Å². The molecule has 2 atom stereocenters. The minimum Gasteiger partial charge on any atom is -0.477 e. The number of pyridine rings is 2. The van der Waals surface area contributed by atoms with Crippen LogP contribution in [0.25, 0.3) is 11.3 Å². The topological polar surface area (TPSA) is 90.9 Å². The van der Waals surface area contributed by atoms with E-state index >= 15 is 0 Å². The number of ether oxygens (including phenoxy) is 1. The molecule has 5 rings (SSSR count). The number of anilines is 1. The summed E-state index contributed by atoms with van der Waals surface area (Å²) in [5, 5.41) is 3.08. The largest absolute Gasteiger partial charge is 0.477 e. The Morgan fingerprint density at radius 1 is 1.07 bits per heavy atom. The fourth-order valence-corrected chi connectivity index (χ4v) is 6.98. The molecule has 3 fully saturated rings. The Morgan fingerprint density at radius 3 is 2.50 bits per heavy atom. The van der Waals surface area contributed by atoms with Crippen LogP contribution in [0.1, 0.15) is 69.3 Å². The smallest absolute Gasteiger partial charge is 0.403 e. The first kappa shape index (κ1) is 32.0. The number of hydrogen-bond donors (Lipinski definition) is 1. The summed E-state index contributed by atoms with van der Waals surface area (Å²) < 4.78 is 48.4. The van der Waals surface area contributed by atoms with E-state index in [0.29, 0.717) is 61.8 Å². The molecule has 0 bridgehead atoms. The number of nitrogens with zero attached hydrogens (tertiary/aromatic N) is 5. The maximum atomic E-state index is 14.2. The van der Waals surface area contributed by atoms with Crippen LogP contribution in [0.2, 0.25) is 0 Å². The maximum absolute atomic E-state index is 14.2. The van der Waals surface area contributed by atoms with Gasteiger partial charge in [0.15, 0.2) is 5.69 Å². The second kappa shape index (κ2) is 13.3. The molecule has 3 aliphatic rings. The van der Waals surface area contributed by atoms with Gasteiger partial charge in [0.2, 0.25) is 11.8 Å². The number of halogens is 3. The third-order valence-corrected chi connectivity index (χ3v) is 9.55. The summed E-state index contributed by atoms with van der Waals surface area (Å²) in [6.07, 6.45) is 0.198. The van der Waals surface area contributed by atoms with Crippen molar-refractivity contribution in [3.05, 3.63) is 36.2 Å². The predicted octanol–water partition coefficient (Wildman–Crippen LogP) is 4.92. The normalized spacial score (nSPS) is 22.3. The lowest BCUT2D eigenvalue weighted by molar-refractivity contribution is -0.226. The number of carbonyl (C=O) groups excluding carboxylic acids is 2. The first-order chi connectivity index (χ1) is 21.1. The van der Waals surface area contributed by atoms with Crippen LogP contribution in [-0.2, 0) is 4.79 Å². The molecule has 9 nitrogen and oxygen atoms in total. The molecule has 1 N–H and O–H groups in total. The third-order valence-electron chi connectivity index (χ3n) is 9.55. The molecular formula is C32H43F3N6O3. The quantitative estimate of drug-likeness (QED) is 0.428. The standard InChI is InChI=1S/C32H43F3N6O3/c1-4-22-21-40(30(43)31(32(33,34)35)14-6-7-15-31)18-19-41(22)26-13-12-25(24-11-8-16-36-29(24)44-5-2)38-27(26)28(42)37-20-23-10-9-17-39(23)3/h8,11-13,16,22-23H,4-7,9-10,14-15,17-21H2,1-3H3,(H,37,42)/t22-,23+/m1/s1. The lowest BCUT2D eigenvalue weighted by Gasteiger charge is -2.45. The summed E-state index contributed by atoms with van der Waals surface area (Å²) in [5.74, 6) is -0.717. The Balaban J connectivity index is 1.45. The van der Waals surface area contributed by atoms with E-state index in [9.17, 15) is 22.8 Å². The van der Waals surface area contributed by atoms with Gasteiger partial charge >= 0.3 is 6.18 Å². The molecule has 0 radical (unpaired) electrons. The number of amides is 2. The van der Waals surface area contributed by atoms with Crippen molar-refractivity contribution in [2.75, 3.05) is 51.3 Å². The van der Waals surface area contributed by atoms with Crippen LogP contribution >= 0.6 is 0 Å². The molecule has 12 heteroatoms. The number of carbonyl (C=O) groups is 2. The van der Waals surface area contributed by atoms with Crippen molar-refractivity contribution in [3.63, 3.8) is 0 Å². The van der Waals surface area contributed by atoms with Gasteiger partial charge < -0.3 is 24.8 Å². The van der Waals surface area contributed by atoms with Crippen LogP contribution in [0.5, 0.6) is 5.88 Å². The van der Waals surface area contributed by atoms with Gasteiger partial charge in [0.05, 0.1) is 23.6 Å². The molecule has 0 spiro atoms. The van der Waals surface area contributed by atoms with E-state index < -0.39 is 17.5 Å². The number of likely N-dealkylation sites (N-methyl/N-ethyl adjacent to an activating group) is 1. The van der Waals surface area contributed by atoms with Gasteiger partial charge in [-0.1, -0.05) is 19.8 Å². The second-order valence-electron chi connectivity index (χ2n) is 12.1. The first-order valence-electron chi connectivity index (χ1n) is 15.8. The van der Waals surface area contributed by atoms with E-state index in [0.717, 1.165) is 19.4 Å². The van der Waals surface area contributed by atoms with E-state index in [1.807, 2.05) is 44.0 Å². The van der Waals surface area contributed by atoms with Crippen LogP contribution in [-0.4, -0.2) is 96.2 Å². The zero-order valence-corrected chi connectivity index (χ0v) is 25.8. The Hall–Kier alpha value is -3.41. The number of aromatic nitrogens is 2. The van der Waals surface area contributed by atoms with Crippen LogP contribution < -0.4 is 15.0 Å². The van der Waals surface area contributed by atoms with Crippen LogP contribution in [0.3, 0.4) is 0 Å². The summed E-state index contributed by atoms with van der Waals surface area (Å²) in [6.45, 7) is 6.28. The number of likely N-dealkylation sites (tertiary alicyclic amines) is 1. The van der Waals surface area contributed by atoms with E-state index in [4.69, 9.17) is 9.72 Å². The molecule has 0 unspecified atom stereocenters. The highest BCUT2D eigenvalue weighted by molar-refractivity contribution is 5.98.